The van der Waals surface area contributed by atoms with Crippen LogP contribution in [0, 0.1) is 0 Å². The molecule has 0 aliphatic heterocycles. The third kappa shape index (κ3) is 4.22. The number of pyridine rings is 1. The lowest BCUT2D eigenvalue weighted by Gasteiger charge is -2.01. The molecule has 14 heavy (non-hydrogen) atoms. The van der Waals surface area contributed by atoms with Crippen LogP contribution < -0.4 is 11.4 Å². The molecule has 76 valence electrons. The number of hydrogen-bond donors (Lipinski definition) is 2. The van der Waals surface area contributed by atoms with Crippen LogP contribution in [-0.4, -0.2) is 16.7 Å². The molecule has 3 N–H and O–H groups in total. The molecule has 1 heterocycles. The van der Waals surface area contributed by atoms with Crippen molar-refractivity contribution in [2.24, 2.45) is 5.84 Å². The number of aromatic nitrogens is 1. The number of nitrogens with two attached hydrogens (primary N) is 1. The second-order valence-electron chi connectivity index (χ2n) is 2.37. The van der Waals surface area contributed by atoms with E-state index in [1.54, 1.807) is 24.2 Å². The Morgan fingerprint density at radius 1 is 1.57 bits per heavy atom. The molecule has 0 aliphatic carbocycles. The summed E-state index contributed by atoms with van der Waals surface area (Å²) in [5, 5.41) is 0. The van der Waals surface area contributed by atoms with E-state index in [9.17, 15) is 4.79 Å². The number of rotatable bonds is 5. The fraction of sp³-hybridized carbons (Fsp3) is 0.250. The maximum Gasteiger partial charge on any atom is 0.327 e. The van der Waals surface area contributed by atoms with E-state index >= 15 is 0 Å². The Balaban J connectivity index is 2.19. The Hall–Kier alpha value is -1.11. The molecule has 0 saturated carbocycles. The van der Waals surface area contributed by atoms with Crippen molar-refractivity contribution < 1.29 is 9.63 Å². The predicted molar refractivity (Wildman–Crippen MR) is 53.0 cm³/mol. The SMILES string of the molecule is NNOC(=O)CCSc1ccncc1. The van der Waals surface area contributed by atoms with Crippen molar-refractivity contribution >= 4 is 17.7 Å². The highest BCUT2D eigenvalue weighted by atomic mass is 32.2. The molecule has 0 atom stereocenters. The van der Waals surface area contributed by atoms with Crippen molar-refractivity contribution in [1.29, 1.82) is 0 Å². The summed E-state index contributed by atoms with van der Waals surface area (Å²) < 4.78 is 0. The first-order chi connectivity index (χ1) is 6.83. The quantitative estimate of drug-likeness (QED) is 0.421. The van der Waals surface area contributed by atoms with E-state index in [1.807, 2.05) is 17.7 Å². The fourth-order valence-corrected chi connectivity index (χ4v) is 1.62. The number of carbonyl (C=O) groups excluding carboxylic acids is 1. The average Bonchev–Trinajstić information content (AvgIpc) is 2.20. The third-order valence-electron chi connectivity index (χ3n) is 1.40. The van der Waals surface area contributed by atoms with E-state index in [0.29, 0.717) is 12.2 Å². The van der Waals surface area contributed by atoms with Crippen molar-refractivity contribution in [2.45, 2.75) is 11.3 Å². The van der Waals surface area contributed by atoms with Crippen LogP contribution in [0.3, 0.4) is 0 Å². The Morgan fingerprint density at radius 2 is 2.29 bits per heavy atom. The van der Waals surface area contributed by atoms with E-state index in [0.717, 1.165) is 4.90 Å². The van der Waals surface area contributed by atoms with Gasteiger partial charge in [0.2, 0.25) is 0 Å². The van der Waals surface area contributed by atoms with Crippen molar-refractivity contribution in [1.82, 2.24) is 10.6 Å². The van der Waals surface area contributed by atoms with E-state index in [-0.39, 0.29) is 5.97 Å². The molecule has 1 rings (SSSR count). The Bertz CT molecular complexity index is 281. The maximum atomic E-state index is 10.8. The smallest absolute Gasteiger partial charge is 0.327 e. The van der Waals surface area contributed by atoms with Gasteiger partial charge in [0.05, 0.1) is 6.42 Å². The molecule has 0 saturated heterocycles. The molecule has 1 aromatic rings. The van der Waals surface area contributed by atoms with Crippen LogP contribution in [-0.2, 0) is 9.63 Å². The lowest BCUT2D eigenvalue weighted by Crippen LogP contribution is -2.26. The first-order valence-electron chi connectivity index (χ1n) is 4.01. The Morgan fingerprint density at radius 3 is 2.93 bits per heavy atom. The van der Waals surface area contributed by atoms with Gasteiger partial charge in [-0.05, 0) is 12.1 Å². The molecular formula is C8H11N3O2S. The zero-order valence-corrected chi connectivity index (χ0v) is 8.29. The van der Waals surface area contributed by atoms with Gasteiger partial charge in [-0.15, -0.1) is 11.8 Å². The van der Waals surface area contributed by atoms with Gasteiger partial charge >= 0.3 is 5.97 Å². The molecule has 0 aromatic carbocycles. The lowest BCUT2D eigenvalue weighted by molar-refractivity contribution is -0.150. The topological polar surface area (TPSA) is 77.2 Å². The molecular weight excluding hydrogens is 202 g/mol. The van der Waals surface area contributed by atoms with E-state index in [2.05, 4.69) is 9.82 Å². The van der Waals surface area contributed by atoms with Crippen molar-refractivity contribution in [3.05, 3.63) is 24.5 Å². The number of thioether (sulfide) groups is 1. The normalized spacial score (nSPS) is 9.79. The number of hydrazine groups is 1. The van der Waals surface area contributed by atoms with Crippen LogP contribution in [0.1, 0.15) is 6.42 Å². The minimum absolute atomic E-state index is 0.317. The molecule has 0 radical (unpaired) electrons. The van der Waals surface area contributed by atoms with E-state index in [4.69, 9.17) is 5.84 Å². The third-order valence-corrected chi connectivity index (χ3v) is 2.41. The minimum atomic E-state index is -0.367. The summed E-state index contributed by atoms with van der Waals surface area (Å²) in [6.07, 6.45) is 3.74. The molecule has 0 bridgehead atoms. The zero-order chi connectivity index (χ0) is 10.2. The summed E-state index contributed by atoms with van der Waals surface area (Å²) >= 11 is 1.57. The second-order valence-corrected chi connectivity index (χ2v) is 3.54. The summed E-state index contributed by atoms with van der Waals surface area (Å²) in [4.78, 5) is 20.1. The van der Waals surface area contributed by atoms with Crippen LogP contribution >= 0.6 is 11.8 Å². The maximum absolute atomic E-state index is 10.8. The van der Waals surface area contributed by atoms with Gasteiger partial charge in [0.25, 0.3) is 0 Å². The van der Waals surface area contributed by atoms with Crippen molar-refractivity contribution in [2.75, 3.05) is 5.75 Å². The van der Waals surface area contributed by atoms with Crippen molar-refractivity contribution in [3.8, 4) is 0 Å². The molecule has 0 aliphatic rings. The van der Waals surface area contributed by atoms with Gasteiger partial charge in [0.15, 0.2) is 0 Å². The molecule has 6 heteroatoms. The highest BCUT2D eigenvalue weighted by Crippen LogP contribution is 2.16. The van der Waals surface area contributed by atoms with Gasteiger partial charge in [-0.25, -0.2) is 5.84 Å². The van der Waals surface area contributed by atoms with Gasteiger partial charge in [0, 0.05) is 23.0 Å². The largest absolute Gasteiger partial charge is 0.356 e. The van der Waals surface area contributed by atoms with Crippen LogP contribution in [0.5, 0.6) is 0 Å². The van der Waals surface area contributed by atoms with Crippen molar-refractivity contribution in [3.63, 3.8) is 0 Å². The fourth-order valence-electron chi connectivity index (χ4n) is 0.803. The van der Waals surface area contributed by atoms with Gasteiger partial charge in [0.1, 0.15) is 0 Å². The summed E-state index contributed by atoms with van der Waals surface area (Å²) in [6.45, 7) is 0. The first kappa shape index (κ1) is 11.0. The highest BCUT2D eigenvalue weighted by Gasteiger charge is 2.02. The number of nitrogens with zero attached hydrogens (tertiary/aromatic N) is 1. The zero-order valence-electron chi connectivity index (χ0n) is 7.47. The van der Waals surface area contributed by atoms with Gasteiger partial charge in [-0.2, -0.15) is 0 Å². The van der Waals surface area contributed by atoms with E-state index in [1.165, 1.54) is 0 Å². The Labute approximate surface area is 86.0 Å². The predicted octanol–water partition coefficient (Wildman–Crippen LogP) is 0.485. The molecule has 5 nitrogen and oxygen atoms in total. The van der Waals surface area contributed by atoms with Crippen LogP contribution in [0.25, 0.3) is 0 Å². The molecule has 0 amide bonds. The molecule has 0 unspecified atom stereocenters. The summed E-state index contributed by atoms with van der Waals surface area (Å²) in [7, 11) is 0. The Kier molecular flexibility index (Phi) is 4.98. The second kappa shape index (κ2) is 6.36. The lowest BCUT2D eigenvalue weighted by atomic mass is 10.5. The van der Waals surface area contributed by atoms with Crippen LogP contribution in [0.4, 0.5) is 0 Å². The first-order valence-corrected chi connectivity index (χ1v) is 4.99. The minimum Gasteiger partial charge on any atom is -0.356 e. The van der Waals surface area contributed by atoms with Gasteiger partial charge in [-0.3, -0.25) is 9.78 Å². The highest BCUT2D eigenvalue weighted by molar-refractivity contribution is 7.99. The molecule has 0 fully saturated rings. The summed E-state index contributed by atoms with van der Waals surface area (Å²) in [6, 6.07) is 3.77. The average molecular weight is 213 g/mol. The van der Waals surface area contributed by atoms with Crippen LogP contribution in [0.2, 0.25) is 0 Å². The standard InChI is InChI=1S/C8H11N3O2S/c9-11-13-8(12)3-6-14-7-1-4-10-5-2-7/h1-2,4-5,11H,3,6,9H2. The van der Waals surface area contributed by atoms with Gasteiger partial charge in [-0.1, -0.05) is 5.59 Å². The number of hydrogen-bond acceptors (Lipinski definition) is 6. The molecule has 1 aromatic heterocycles. The molecule has 0 spiro atoms. The summed E-state index contributed by atoms with van der Waals surface area (Å²) in [5.41, 5.74) is 1.85. The van der Waals surface area contributed by atoms with Gasteiger partial charge < -0.3 is 4.84 Å². The number of carbonyl (C=O) groups is 1. The monoisotopic (exact) mass is 213 g/mol. The van der Waals surface area contributed by atoms with E-state index < -0.39 is 0 Å². The summed E-state index contributed by atoms with van der Waals surface area (Å²) in [5.74, 6) is 5.09. The number of nitrogens with one attached hydrogen (secondary N) is 1. The van der Waals surface area contributed by atoms with Crippen LogP contribution in [0.15, 0.2) is 29.4 Å².